The molecule has 2 heterocycles. The molecule has 0 spiro atoms. The molecule has 1 aromatic heterocycles. The molecule has 118 valence electrons. The highest BCUT2D eigenvalue weighted by Crippen LogP contribution is 2.33. The highest BCUT2D eigenvalue weighted by Gasteiger charge is 2.31. The molecule has 0 atom stereocenters. The van der Waals surface area contributed by atoms with Gasteiger partial charge in [0.25, 0.3) is 0 Å². The van der Waals surface area contributed by atoms with Crippen molar-refractivity contribution in [1.82, 2.24) is 4.98 Å². The number of nitrogens with zero attached hydrogens (tertiary/aromatic N) is 2. The standard InChI is InChI=1S/C16H20N2O3S/c1-3-16(20)6-8-18(9-7-16)15-17-12-5-4-11(14(19)21-2)10-13(12)22-15/h4-5,10,20H,3,6-9H2,1-2H3. The van der Waals surface area contributed by atoms with Crippen LogP contribution in [0.2, 0.25) is 0 Å². The van der Waals surface area contributed by atoms with E-state index in [0.29, 0.717) is 5.56 Å². The minimum atomic E-state index is -0.523. The number of hydrogen-bond donors (Lipinski definition) is 1. The summed E-state index contributed by atoms with van der Waals surface area (Å²) in [6, 6.07) is 5.42. The Bertz CT molecular complexity index is 690. The molecule has 0 aliphatic carbocycles. The Morgan fingerprint density at radius 3 is 2.82 bits per heavy atom. The van der Waals surface area contributed by atoms with Gasteiger partial charge in [0.05, 0.1) is 28.5 Å². The number of piperidine rings is 1. The molecule has 5 nitrogen and oxygen atoms in total. The average molecular weight is 320 g/mol. The molecular formula is C16H20N2O3S. The van der Waals surface area contributed by atoms with Crippen LogP contribution in [0.25, 0.3) is 10.2 Å². The predicted molar refractivity (Wildman–Crippen MR) is 87.6 cm³/mol. The second-order valence-corrected chi connectivity index (χ2v) is 6.74. The Morgan fingerprint density at radius 2 is 2.18 bits per heavy atom. The number of aromatic nitrogens is 1. The van der Waals surface area contributed by atoms with Crippen LogP contribution in [0.4, 0.5) is 5.13 Å². The topological polar surface area (TPSA) is 62.7 Å². The van der Waals surface area contributed by atoms with E-state index in [9.17, 15) is 9.90 Å². The molecule has 1 aliphatic heterocycles. The van der Waals surface area contributed by atoms with Gasteiger partial charge in [-0.25, -0.2) is 9.78 Å². The number of rotatable bonds is 3. The van der Waals surface area contributed by atoms with Gasteiger partial charge in [0.15, 0.2) is 5.13 Å². The van der Waals surface area contributed by atoms with Crippen LogP contribution in [0.5, 0.6) is 0 Å². The summed E-state index contributed by atoms with van der Waals surface area (Å²) in [6.07, 6.45) is 2.34. The molecule has 1 aliphatic rings. The van der Waals surface area contributed by atoms with Gasteiger partial charge < -0.3 is 14.7 Å². The molecule has 6 heteroatoms. The number of methoxy groups -OCH3 is 1. The number of benzene rings is 1. The van der Waals surface area contributed by atoms with E-state index in [1.54, 1.807) is 17.4 Å². The Labute approximate surface area is 133 Å². The van der Waals surface area contributed by atoms with Gasteiger partial charge in [0, 0.05) is 13.1 Å². The molecule has 3 rings (SSSR count). The lowest BCUT2D eigenvalue weighted by molar-refractivity contribution is 0.0126. The van der Waals surface area contributed by atoms with Crippen molar-refractivity contribution in [3.05, 3.63) is 23.8 Å². The van der Waals surface area contributed by atoms with Crippen LogP contribution < -0.4 is 4.90 Å². The van der Waals surface area contributed by atoms with Crippen molar-refractivity contribution in [3.8, 4) is 0 Å². The quantitative estimate of drug-likeness (QED) is 0.881. The van der Waals surface area contributed by atoms with Crippen LogP contribution in [-0.2, 0) is 4.74 Å². The van der Waals surface area contributed by atoms with Crippen molar-refractivity contribution in [1.29, 1.82) is 0 Å². The maximum absolute atomic E-state index is 11.6. The van der Waals surface area contributed by atoms with E-state index in [4.69, 9.17) is 4.74 Å². The van der Waals surface area contributed by atoms with Crippen molar-refractivity contribution in [2.45, 2.75) is 31.8 Å². The third kappa shape index (κ3) is 2.80. The Balaban J connectivity index is 1.82. The third-order valence-electron chi connectivity index (χ3n) is 4.42. The highest BCUT2D eigenvalue weighted by molar-refractivity contribution is 7.22. The van der Waals surface area contributed by atoms with Crippen LogP contribution in [0, 0.1) is 0 Å². The number of aliphatic hydroxyl groups is 1. The SMILES string of the molecule is CCC1(O)CCN(c2nc3ccc(C(=O)OC)cc3s2)CC1. The number of anilines is 1. The minimum Gasteiger partial charge on any atom is -0.465 e. The molecule has 0 unspecified atom stereocenters. The van der Waals surface area contributed by atoms with E-state index in [1.165, 1.54) is 7.11 Å². The zero-order chi connectivity index (χ0) is 15.7. The number of hydrogen-bond acceptors (Lipinski definition) is 6. The van der Waals surface area contributed by atoms with Crippen LogP contribution in [-0.4, -0.2) is 41.9 Å². The lowest BCUT2D eigenvalue weighted by Crippen LogP contribution is -2.44. The van der Waals surface area contributed by atoms with E-state index in [0.717, 1.165) is 47.7 Å². The first-order valence-corrected chi connectivity index (χ1v) is 8.32. The Morgan fingerprint density at radius 1 is 1.45 bits per heavy atom. The molecule has 2 aromatic rings. The summed E-state index contributed by atoms with van der Waals surface area (Å²) in [6.45, 7) is 3.66. The smallest absolute Gasteiger partial charge is 0.337 e. The summed E-state index contributed by atoms with van der Waals surface area (Å²) in [4.78, 5) is 18.5. The summed E-state index contributed by atoms with van der Waals surface area (Å²) in [5.41, 5.74) is 0.916. The monoisotopic (exact) mass is 320 g/mol. The van der Waals surface area contributed by atoms with Gasteiger partial charge in [-0.2, -0.15) is 0 Å². The van der Waals surface area contributed by atoms with Gasteiger partial charge in [-0.1, -0.05) is 18.3 Å². The largest absolute Gasteiger partial charge is 0.465 e. The van der Waals surface area contributed by atoms with E-state index in [-0.39, 0.29) is 5.97 Å². The van der Waals surface area contributed by atoms with E-state index < -0.39 is 5.60 Å². The van der Waals surface area contributed by atoms with Gasteiger partial charge in [-0.15, -0.1) is 0 Å². The molecular weight excluding hydrogens is 300 g/mol. The fourth-order valence-corrected chi connectivity index (χ4v) is 3.82. The number of fused-ring (bicyclic) bond motifs is 1. The lowest BCUT2D eigenvalue weighted by Gasteiger charge is -2.37. The van der Waals surface area contributed by atoms with Gasteiger partial charge in [0.2, 0.25) is 0 Å². The predicted octanol–water partition coefficient (Wildman–Crippen LogP) is 2.82. The molecule has 1 N–H and O–H groups in total. The second kappa shape index (κ2) is 5.85. The van der Waals surface area contributed by atoms with Gasteiger partial charge in [-0.3, -0.25) is 0 Å². The fraction of sp³-hybridized carbons (Fsp3) is 0.500. The van der Waals surface area contributed by atoms with E-state index >= 15 is 0 Å². The molecule has 0 bridgehead atoms. The summed E-state index contributed by atoms with van der Waals surface area (Å²) in [7, 11) is 1.38. The lowest BCUT2D eigenvalue weighted by atomic mass is 9.89. The summed E-state index contributed by atoms with van der Waals surface area (Å²) in [5, 5.41) is 11.3. The minimum absolute atomic E-state index is 0.331. The Kier molecular flexibility index (Phi) is 4.06. The molecule has 1 saturated heterocycles. The molecule has 0 amide bonds. The summed E-state index contributed by atoms with van der Waals surface area (Å²) in [5.74, 6) is -0.331. The first-order valence-electron chi connectivity index (χ1n) is 7.51. The molecule has 22 heavy (non-hydrogen) atoms. The molecule has 1 aromatic carbocycles. The molecule has 1 fully saturated rings. The number of thiazole rings is 1. The average Bonchev–Trinajstić information content (AvgIpc) is 2.97. The van der Waals surface area contributed by atoms with Crippen molar-refractivity contribution < 1.29 is 14.6 Å². The number of ether oxygens (including phenoxy) is 1. The van der Waals surface area contributed by atoms with Crippen LogP contribution in [0.3, 0.4) is 0 Å². The first kappa shape index (κ1) is 15.2. The van der Waals surface area contributed by atoms with Crippen LogP contribution in [0.1, 0.15) is 36.5 Å². The maximum Gasteiger partial charge on any atom is 0.337 e. The zero-order valence-corrected chi connectivity index (χ0v) is 13.7. The Hall–Kier alpha value is -1.66. The fourth-order valence-electron chi connectivity index (χ4n) is 2.76. The van der Waals surface area contributed by atoms with Gasteiger partial charge >= 0.3 is 5.97 Å². The maximum atomic E-state index is 11.6. The van der Waals surface area contributed by atoms with Crippen molar-refractivity contribution in [2.75, 3.05) is 25.1 Å². The zero-order valence-electron chi connectivity index (χ0n) is 12.8. The summed E-state index contributed by atoms with van der Waals surface area (Å²) >= 11 is 1.58. The first-order chi connectivity index (χ1) is 10.5. The third-order valence-corrected chi connectivity index (χ3v) is 5.50. The summed E-state index contributed by atoms with van der Waals surface area (Å²) < 4.78 is 5.73. The van der Waals surface area contributed by atoms with E-state index in [1.807, 2.05) is 19.1 Å². The normalized spacial score (nSPS) is 17.7. The number of carbonyl (C=O) groups is 1. The van der Waals surface area contributed by atoms with E-state index in [2.05, 4.69) is 9.88 Å². The molecule has 0 radical (unpaired) electrons. The number of carbonyl (C=O) groups excluding carboxylic acids is 1. The van der Waals surface area contributed by atoms with Crippen molar-refractivity contribution in [2.24, 2.45) is 0 Å². The number of esters is 1. The van der Waals surface area contributed by atoms with Crippen LogP contribution >= 0.6 is 11.3 Å². The van der Waals surface area contributed by atoms with Gasteiger partial charge in [-0.05, 0) is 37.5 Å². The molecule has 0 saturated carbocycles. The van der Waals surface area contributed by atoms with Gasteiger partial charge in [0.1, 0.15) is 0 Å². The van der Waals surface area contributed by atoms with Crippen molar-refractivity contribution in [3.63, 3.8) is 0 Å². The highest BCUT2D eigenvalue weighted by atomic mass is 32.1. The van der Waals surface area contributed by atoms with Crippen LogP contribution in [0.15, 0.2) is 18.2 Å². The second-order valence-electron chi connectivity index (χ2n) is 5.74. The van der Waals surface area contributed by atoms with Crippen molar-refractivity contribution >= 4 is 32.7 Å².